The highest BCUT2D eigenvalue weighted by molar-refractivity contribution is 7.13. The lowest BCUT2D eigenvalue weighted by Gasteiger charge is -2.06. The first-order chi connectivity index (χ1) is 11.0. The average molecular weight is 334 g/mol. The molecule has 0 fully saturated rings. The number of H-pyrrole nitrogens is 1. The molecule has 0 spiro atoms. The van der Waals surface area contributed by atoms with E-state index in [9.17, 15) is 14.4 Å². The number of aryl methyl sites for hydroxylation is 1. The minimum absolute atomic E-state index is 0.0283. The molecule has 2 aromatic rings. The maximum Gasteiger partial charge on any atom is 0.263 e. The van der Waals surface area contributed by atoms with Crippen molar-refractivity contribution in [3.63, 3.8) is 0 Å². The Hall–Kier alpha value is -2.48. The zero-order chi connectivity index (χ0) is 16.8. The molecule has 23 heavy (non-hydrogen) atoms. The molecule has 2 amide bonds. The van der Waals surface area contributed by atoms with Gasteiger partial charge in [0, 0.05) is 24.0 Å². The second-order valence-corrected chi connectivity index (χ2v) is 6.09. The van der Waals surface area contributed by atoms with Crippen molar-refractivity contribution in [2.24, 2.45) is 0 Å². The summed E-state index contributed by atoms with van der Waals surface area (Å²) in [5.41, 5.74) is 0.305. The Morgan fingerprint density at radius 2 is 2.17 bits per heavy atom. The molecule has 0 atom stereocenters. The summed E-state index contributed by atoms with van der Waals surface area (Å²) in [5.74, 6) is -0.542. The lowest BCUT2D eigenvalue weighted by Crippen LogP contribution is -2.30. The highest BCUT2D eigenvalue weighted by atomic mass is 32.1. The third-order valence-corrected chi connectivity index (χ3v) is 3.70. The van der Waals surface area contributed by atoms with E-state index < -0.39 is 11.5 Å². The SMILES string of the molecule is CC(C)NC(=O)CCc1csc(NC(=O)c2ccc[nH]c2=O)n1. The molecular formula is C15H18N4O3S. The first kappa shape index (κ1) is 16.9. The number of aromatic nitrogens is 2. The maximum atomic E-state index is 12.0. The van der Waals surface area contributed by atoms with Gasteiger partial charge in [-0.25, -0.2) is 4.98 Å². The van der Waals surface area contributed by atoms with Crippen LogP contribution in [0, 0.1) is 0 Å². The van der Waals surface area contributed by atoms with Gasteiger partial charge in [-0.15, -0.1) is 11.3 Å². The molecule has 0 bridgehead atoms. The third kappa shape index (κ3) is 5.03. The Bertz CT molecular complexity index is 751. The molecule has 0 saturated heterocycles. The van der Waals surface area contributed by atoms with E-state index in [4.69, 9.17) is 0 Å². The van der Waals surface area contributed by atoms with Gasteiger partial charge in [0.15, 0.2) is 5.13 Å². The van der Waals surface area contributed by atoms with Gasteiger partial charge < -0.3 is 10.3 Å². The summed E-state index contributed by atoms with van der Waals surface area (Å²) in [6.45, 7) is 3.80. The molecule has 0 radical (unpaired) electrons. The van der Waals surface area contributed by atoms with E-state index in [2.05, 4.69) is 20.6 Å². The van der Waals surface area contributed by atoms with Gasteiger partial charge in [0.05, 0.1) is 5.69 Å². The van der Waals surface area contributed by atoms with Crippen LogP contribution in [0.3, 0.4) is 0 Å². The standard InChI is InChI=1S/C15H18N4O3S/c1-9(2)17-12(20)6-5-10-8-23-15(18-10)19-14(22)11-4-3-7-16-13(11)21/h3-4,7-9H,5-6H2,1-2H3,(H,16,21)(H,17,20)(H,18,19,22). The van der Waals surface area contributed by atoms with Crippen LogP contribution in [0.15, 0.2) is 28.5 Å². The number of amides is 2. The van der Waals surface area contributed by atoms with Crippen LogP contribution in [0.4, 0.5) is 5.13 Å². The highest BCUT2D eigenvalue weighted by Crippen LogP contribution is 2.17. The van der Waals surface area contributed by atoms with E-state index in [0.717, 1.165) is 5.69 Å². The predicted molar refractivity (Wildman–Crippen MR) is 88.7 cm³/mol. The Morgan fingerprint density at radius 3 is 2.87 bits per heavy atom. The number of aromatic amines is 1. The molecule has 8 heteroatoms. The van der Waals surface area contributed by atoms with Gasteiger partial charge >= 0.3 is 0 Å². The Kier molecular flexibility index (Phi) is 5.64. The number of hydrogen-bond donors (Lipinski definition) is 3. The fourth-order valence-corrected chi connectivity index (χ4v) is 2.62. The van der Waals surface area contributed by atoms with Crippen LogP contribution in [0.1, 0.15) is 36.3 Å². The first-order valence-corrected chi connectivity index (χ1v) is 8.06. The van der Waals surface area contributed by atoms with Crippen molar-refractivity contribution in [1.82, 2.24) is 15.3 Å². The molecule has 7 nitrogen and oxygen atoms in total. The molecule has 0 aliphatic rings. The molecule has 2 aromatic heterocycles. The Balaban J connectivity index is 1.92. The van der Waals surface area contributed by atoms with E-state index in [1.54, 1.807) is 11.4 Å². The molecule has 0 unspecified atom stereocenters. The van der Waals surface area contributed by atoms with E-state index in [1.807, 2.05) is 13.8 Å². The number of hydrogen-bond acceptors (Lipinski definition) is 5. The first-order valence-electron chi connectivity index (χ1n) is 7.18. The highest BCUT2D eigenvalue weighted by Gasteiger charge is 2.12. The topological polar surface area (TPSA) is 104 Å². The summed E-state index contributed by atoms with van der Waals surface area (Å²) in [5, 5.41) is 7.58. The smallest absolute Gasteiger partial charge is 0.263 e. The van der Waals surface area contributed by atoms with Gasteiger partial charge in [-0.1, -0.05) is 0 Å². The van der Waals surface area contributed by atoms with Gasteiger partial charge in [-0.05, 0) is 32.4 Å². The monoisotopic (exact) mass is 334 g/mol. The van der Waals surface area contributed by atoms with Crippen molar-refractivity contribution in [2.45, 2.75) is 32.7 Å². The van der Waals surface area contributed by atoms with Crippen LogP contribution in [0.2, 0.25) is 0 Å². The summed E-state index contributed by atoms with van der Waals surface area (Å²) in [6, 6.07) is 3.13. The van der Waals surface area contributed by atoms with Crippen molar-refractivity contribution in [1.29, 1.82) is 0 Å². The fourth-order valence-electron chi connectivity index (χ4n) is 1.88. The van der Waals surface area contributed by atoms with E-state index >= 15 is 0 Å². The van der Waals surface area contributed by atoms with Crippen molar-refractivity contribution in [2.75, 3.05) is 5.32 Å². The van der Waals surface area contributed by atoms with Gasteiger partial charge in [0.1, 0.15) is 5.56 Å². The average Bonchev–Trinajstić information content (AvgIpc) is 2.92. The van der Waals surface area contributed by atoms with Gasteiger partial charge in [-0.3, -0.25) is 19.7 Å². The number of nitrogens with zero attached hydrogens (tertiary/aromatic N) is 1. The van der Waals surface area contributed by atoms with Gasteiger partial charge in [0.25, 0.3) is 11.5 Å². The molecule has 0 aliphatic heterocycles. The minimum atomic E-state index is -0.509. The van der Waals surface area contributed by atoms with Crippen LogP contribution >= 0.6 is 11.3 Å². The van der Waals surface area contributed by atoms with E-state index in [1.165, 1.54) is 23.6 Å². The quantitative estimate of drug-likeness (QED) is 0.745. The van der Waals surface area contributed by atoms with Crippen LogP contribution in [-0.2, 0) is 11.2 Å². The van der Waals surface area contributed by atoms with Crippen molar-refractivity contribution in [3.05, 3.63) is 45.3 Å². The molecule has 0 saturated carbocycles. The number of thiazole rings is 1. The normalized spacial score (nSPS) is 10.6. The van der Waals surface area contributed by atoms with Crippen molar-refractivity contribution < 1.29 is 9.59 Å². The fraction of sp³-hybridized carbons (Fsp3) is 0.333. The number of anilines is 1. The molecule has 0 aliphatic carbocycles. The zero-order valence-corrected chi connectivity index (χ0v) is 13.7. The van der Waals surface area contributed by atoms with Gasteiger partial charge in [0.2, 0.25) is 5.91 Å². The summed E-state index contributed by atoms with van der Waals surface area (Å²) in [4.78, 5) is 41.8. The lowest BCUT2D eigenvalue weighted by molar-refractivity contribution is -0.121. The molecule has 2 rings (SSSR count). The van der Waals surface area contributed by atoms with Crippen LogP contribution in [0.5, 0.6) is 0 Å². The molecule has 0 aromatic carbocycles. The van der Waals surface area contributed by atoms with Crippen molar-refractivity contribution >= 4 is 28.3 Å². The summed E-state index contributed by atoms with van der Waals surface area (Å²) in [7, 11) is 0. The lowest BCUT2D eigenvalue weighted by atomic mass is 10.2. The maximum absolute atomic E-state index is 12.0. The number of nitrogens with one attached hydrogen (secondary N) is 3. The van der Waals surface area contributed by atoms with Crippen LogP contribution in [-0.4, -0.2) is 27.8 Å². The van der Waals surface area contributed by atoms with Crippen LogP contribution < -0.4 is 16.2 Å². The Morgan fingerprint density at radius 1 is 1.39 bits per heavy atom. The van der Waals surface area contributed by atoms with Crippen molar-refractivity contribution in [3.8, 4) is 0 Å². The van der Waals surface area contributed by atoms with E-state index in [0.29, 0.717) is 18.0 Å². The predicted octanol–water partition coefficient (Wildman–Crippen LogP) is 1.54. The zero-order valence-electron chi connectivity index (χ0n) is 12.9. The molecule has 122 valence electrons. The summed E-state index contributed by atoms with van der Waals surface area (Å²) in [6.07, 6.45) is 2.30. The molecule has 2 heterocycles. The van der Waals surface area contributed by atoms with Gasteiger partial charge in [-0.2, -0.15) is 0 Å². The number of carbonyl (C=O) groups is 2. The third-order valence-electron chi connectivity index (χ3n) is 2.89. The number of pyridine rings is 1. The second-order valence-electron chi connectivity index (χ2n) is 5.23. The second kappa shape index (κ2) is 7.68. The summed E-state index contributed by atoms with van der Waals surface area (Å²) < 4.78 is 0. The van der Waals surface area contributed by atoms with Crippen LogP contribution in [0.25, 0.3) is 0 Å². The minimum Gasteiger partial charge on any atom is -0.354 e. The van der Waals surface area contributed by atoms with E-state index in [-0.39, 0.29) is 17.5 Å². The number of carbonyl (C=O) groups excluding carboxylic acids is 2. The molecular weight excluding hydrogens is 316 g/mol. The summed E-state index contributed by atoms with van der Waals surface area (Å²) >= 11 is 1.26. The molecule has 3 N–H and O–H groups in total. The number of rotatable bonds is 6. The Labute approximate surface area is 137 Å². The largest absolute Gasteiger partial charge is 0.354 e.